The van der Waals surface area contributed by atoms with Crippen LogP contribution in [0.4, 0.5) is 5.69 Å². The monoisotopic (exact) mass is 437 g/mol. The summed E-state index contributed by atoms with van der Waals surface area (Å²) in [6.07, 6.45) is 1.10. The van der Waals surface area contributed by atoms with Gasteiger partial charge in [0.15, 0.2) is 0 Å². The normalized spacial score (nSPS) is 12.0. The molecule has 0 bridgehead atoms. The summed E-state index contributed by atoms with van der Waals surface area (Å²) in [5, 5.41) is 10.1. The quantitative estimate of drug-likeness (QED) is 0.416. The molecular weight excluding hydrogens is 422 g/mol. The lowest BCUT2D eigenvalue weighted by Gasteiger charge is -2.08. The van der Waals surface area contributed by atoms with Crippen LogP contribution in [0.3, 0.4) is 0 Å². The molecule has 142 valence electrons. The number of aromatic amines is 1. The molecule has 27 heavy (non-hydrogen) atoms. The molecule has 0 aliphatic heterocycles. The van der Waals surface area contributed by atoms with Crippen LogP contribution in [-0.2, 0) is 26.1 Å². The van der Waals surface area contributed by atoms with Gasteiger partial charge in [0.1, 0.15) is 11.3 Å². The molecular formula is C17H16BrN3O6. The Balaban J connectivity index is 2.71. The highest BCUT2D eigenvalue weighted by molar-refractivity contribution is 9.10. The zero-order valence-electron chi connectivity index (χ0n) is 14.6. The zero-order chi connectivity index (χ0) is 20.1. The van der Waals surface area contributed by atoms with Crippen LogP contribution in [0.15, 0.2) is 44.1 Å². The molecule has 0 unspecified atom stereocenters. The second-order valence-corrected chi connectivity index (χ2v) is 6.11. The lowest BCUT2D eigenvalue weighted by molar-refractivity contribution is -0.137. The van der Waals surface area contributed by atoms with Gasteiger partial charge in [-0.1, -0.05) is 15.9 Å². The van der Waals surface area contributed by atoms with E-state index in [9.17, 15) is 19.5 Å². The van der Waals surface area contributed by atoms with Crippen LogP contribution in [0.1, 0.15) is 5.69 Å². The number of aromatic nitrogens is 2. The number of benzene rings is 1. The number of nitrogens with zero attached hydrogens (tertiary/aromatic N) is 2. The van der Waals surface area contributed by atoms with Crippen LogP contribution in [0.2, 0.25) is 0 Å². The molecule has 9 nitrogen and oxygen atoms in total. The molecule has 1 aromatic carbocycles. The minimum Gasteiger partial charge on any atom is -0.493 e. The molecule has 0 amide bonds. The van der Waals surface area contributed by atoms with Gasteiger partial charge in [-0.2, -0.15) is 0 Å². The van der Waals surface area contributed by atoms with E-state index in [0.717, 1.165) is 29.5 Å². The van der Waals surface area contributed by atoms with E-state index in [1.807, 2.05) is 0 Å². The van der Waals surface area contributed by atoms with E-state index < -0.39 is 23.5 Å². The van der Waals surface area contributed by atoms with Crippen molar-refractivity contribution in [2.45, 2.75) is 0 Å². The van der Waals surface area contributed by atoms with Crippen molar-refractivity contribution in [3.8, 4) is 5.88 Å². The number of methoxy groups -OCH3 is 2. The third-order valence-corrected chi connectivity index (χ3v) is 4.09. The Morgan fingerprint density at radius 3 is 2.26 bits per heavy atom. The molecule has 0 fully saturated rings. The van der Waals surface area contributed by atoms with E-state index in [2.05, 4.69) is 25.9 Å². The maximum atomic E-state index is 12.3. The third kappa shape index (κ3) is 4.34. The number of hydrogen-bond acceptors (Lipinski definition) is 7. The third-order valence-electron chi connectivity index (χ3n) is 3.56. The molecule has 0 aliphatic rings. The van der Waals surface area contributed by atoms with Gasteiger partial charge in [0, 0.05) is 17.7 Å². The van der Waals surface area contributed by atoms with Crippen molar-refractivity contribution < 1.29 is 24.2 Å². The number of aromatic hydroxyl groups is 1. The summed E-state index contributed by atoms with van der Waals surface area (Å²) in [5.41, 5.74) is -1.16. The number of imidazole rings is 1. The topological polar surface area (TPSA) is 123 Å². The molecule has 2 aromatic rings. The molecule has 0 saturated heterocycles. The minimum atomic E-state index is -0.963. The van der Waals surface area contributed by atoms with Crippen LogP contribution >= 0.6 is 15.9 Å². The van der Waals surface area contributed by atoms with Crippen molar-refractivity contribution in [2.24, 2.45) is 12.0 Å². The van der Waals surface area contributed by atoms with Gasteiger partial charge in [-0.25, -0.2) is 14.4 Å². The van der Waals surface area contributed by atoms with E-state index in [-0.39, 0.29) is 16.8 Å². The molecule has 2 N–H and O–H groups in total. The second-order valence-electron chi connectivity index (χ2n) is 5.19. The van der Waals surface area contributed by atoms with Gasteiger partial charge < -0.3 is 19.6 Å². The highest BCUT2D eigenvalue weighted by Gasteiger charge is 2.28. The first-order valence-electron chi connectivity index (χ1n) is 7.49. The first-order chi connectivity index (χ1) is 12.8. The van der Waals surface area contributed by atoms with Crippen molar-refractivity contribution in [3.63, 3.8) is 0 Å². The summed E-state index contributed by atoms with van der Waals surface area (Å²) in [7, 11) is 3.51. The van der Waals surface area contributed by atoms with Crippen molar-refractivity contribution in [1.29, 1.82) is 0 Å². The Morgan fingerprint density at radius 1 is 1.19 bits per heavy atom. The Labute approximate surface area is 162 Å². The Morgan fingerprint density at radius 2 is 1.78 bits per heavy atom. The highest BCUT2D eigenvalue weighted by Crippen LogP contribution is 2.26. The summed E-state index contributed by atoms with van der Waals surface area (Å²) in [6, 6.07) is 6.84. The molecule has 1 heterocycles. The van der Waals surface area contributed by atoms with Crippen molar-refractivity contribution in [3.05, 3.63) is 50.5 Å². The number of aliphatic imine (C=N–C) groups is 1. The van der Waals surface area contributed by atoms with Crippen LogP contribution in [0.25, 0.3) is 5.57 Å². The largest absolute Gasteiger partial charge is 0.493 e. The predicted octanol–water partition coefficient (Wildman–Crippen LogP) is 1.68. The number of ether oxygens (including phenoxy) is 2. The molecule has 1 aromatic heterocycles. The van der Waals surface area contributed by atoms with Gasteiger partial charge >= 0.3 is 17.6 Å². The Bertz CT molecular complexity index is 985. The average molecular weight is 438 g/mol. The summed E-state index contributed by atoms with van der Waals surface area (Å²) in [5.74, 6) is -2.41. The first-order valence-corrected chi connectivity index (χ1v) is 8.28. The lowest BCUT2D eigenvalue weighted by Crippen LogP contribution is -2.16. The molecule has 10 heteroatoms. The van der Waals surface area contributed by atoms with Gasteiger partial charge in [-0.05, 0) is 24.3 Å². The van der Waals surface area contributed by atoms with Gasteiger partial charge in [0.25, 0.3) is 0 Å². The van der Waals surface area contributed by atoms with E-state index in [1.165, 1.54) is 7.05 Å². The van der Waals surface area contributed by atoms with Crippen molar-refractivity contribution >= 4 is 45.3 Å². The second kappa shape index (κ2) is 8.49. The molecule has 0 saturated carbocycles. The van der Waals surface area contributed by atoms with Crippen LogP contribution in [-0.4, -0.2) is 47.0 Å². The Hall–Kier alpha value is -3.14. The number of nitrogens with one attached hydrogen (secondary N) is 1. The number of carbonyl (C=O) groups excluding carboxylic acids is 2. The number of carbonyl (C=O) groups is 2. The molecule has 0 radical (unpaired) electrons. The number of rotatable bonds is 5. The van der Waals surface area contributed by atoms with E-state index in [1.54, 1.807) is 24.3 Å². The van der Waals surface area contributed by atoms with Crippen LogP contribution in [0, 0.1) is 0 Å². The number of hydrogen-bond donors (Lipinski definition) is 2. The Kier molecular flexibility index (Phi) is 6.35. The number of halogens is 1. The van der Waals surface area contributed by atoms with Crippen LogP contribution < -0.4 is 5.69 Å². The molecule has 0 spiro atoms. The standard InChI is InChI=1S/C17H16BrN3O6/c1-21-14(22)13(20-17(21)25)12(16(24)27-3)11(15(23)26-2)8-19-10-6-4-9(18)5-7-10/h4-8,22H,1-3H3,(H,20,25)/b12-11+,19-8?. The molecule has 0 atom stereocenters. The molecule has 0 aliphatic carbocycles. The maximum absolute atomic E-state index is 12.3. The number of H-pyrrole nitrogens is 1. The van der Waals surface area contributed by atoms with Gasteiger partial charge in [0.05, 0.1) is 25.5 Å². The maximum Gasteiger partial charge on any atom is 0.341 e. The summed E-state index contributed by atoms with van der Waals surface area (Å²) >= 11 is 3.30. The summed E-state index contributed by atoms with van der Waals surface area (Å²) in [6.45, 7) is 0. The minimum absolute atomic E-state index is 0.281. The number of esters is 2. The van der Waals surface area contributed by atoms with Crippen molar-refractivity contribution in [1.82, 2.24) is 9.55 Å². The smallest absolute Gasteiger partial charge is 0.341 e. The fraction of sp³-hybridized carbons (Fsp3) is 0.176. The first kappa shape index (κ1) is 20.2. The van der Waals surface area contributed by atoms with Gasteiger partial charge in [-0.15, -0.1) is 0 Å². The molecule has 2 rings (SSSR count). The highest BCUT2D eigenvalue weighted by atomic mass is 79.9. The lowest BCUT2D eigenvalue weighted by atomic mass is 10.1. The zero-order valence-corrected chi connectivity index (χ0v) is 16.2. The average Bonchev–Trinajstić information content (AvgIpc) is 2.92. The summed E-state index contributed by atoms with van der Waals surface area (Å²) in [4.78, 5) is 42.8. The van der Waals surface area contributed by atoms with Crippen LogP contribution in [0.5, 0.6) is 5.88 Å². The summed E-state index contributed by atoms with van der Waals surface area (Å²) < 4.78 is 11.1. The van der Waals surface area contributed by atoms with Gasteiger partial charge in [0.2, 0.25) is 5.88 Å². The van der Waals surface area contributed by atoms with E-state index in [4.69, 9.17) is 9.47 Å². The SMILES string of the molecule is COC(=O)/C(C=Nc1ccc(Br)cc1)=C(/C(=O)OC)c1[nH]c(=O)n(C)c1O. The van der Waals surface area contributed by atoms with E-state index >= 15 is 0 Å². The van der Waals surface area contributed by atoms with Crippen molar-refractivity contribution in [2.75, 3.05) is 14.2 Å². The predicted molar refractivity (Wildman–Crippen MR) is 101 cm³/mol. The fourth-order valence-electron chi connectivity index (χ4n) is 2.13. The fourth-order valence-corrected chi connectivity index (χ4v) is 2.39. The van der Waals surface area contributed by atoms with Gasteiger partial charge in [-0.3, -0.25) is 9.56 Å². The van der Waals surface area contributed by atoms with E-state index in [0.29, 0.717) is 5.69 Å².